The first-order valence-corrected chi connectivity index (χ1v) is 4.18. The van der Waals surface area contributed by atoms with Gasteiger partial charge in [-0.1, -0.05) is 28.7 Å². The van der Waals surface area contributed by atoms with Crippen LogP contribution >= 0.6 is 22.6 Å². The molecule has 0 aliphatic rings. The van der Waals surface area contributed by atoms with Gasteiger partial charge in [-0.2, -0.15) is 0 Å². The van der Waals surface area contributed by atoms with Crippen LogP contribution < -0.4 is 0 Å². The fourth-order valence-electron chi connectivity index (χ4n) is 0.387. The molecule has 48 valence electrons. The Bertz CT molecular complexity index is 63.5. The van der Waals surface area contributed by atoms with Gasteiger partial charge < -0.3 is 5.11 Å². The lowest BCUT2D eigenvalue weighted by Gasteiger charge is -2.01. The summed E-state index contributed by atoms with van der Waals surface area (Å²) < 4.78 is 0.825. The molecule has 0 rings (SSSR count). The molecular formula is C6H11IO. The monoisotopic (exact) mass is 226 g/mol. The normalized spacial score (nSPS) is 13.2. The number of halogens is 1. The van der Waals surface area contributed by atoms with Gasteiger partial charge in [0.1, 0.15) is 0 Å². The molecule has 0 aromatic carbocycles. The highest BCUT2D eigenvalue weighted by molar-refractivity contribution is 14.1. The molecule has 0 spiro atoms. The predicted molar refractivity (Wildman–Crippen MR) is 44.3 cm³/mol. The Hall–Kier alpha value is 0.430. The smallest absolute Gasteiger partial charge is 0.0632 e. The second kappa shape index (κ2) is 5.56. The summed E-state index contributed by atoms with van der Waals surface area (Å²) in [6.07, 6.45) is 3.47. The Morgan fingerprint density at radius 2 is 2.38 bits per heavy atom. The van der Waals surface area contributed by atoms with Crippen LogP contribution in [0.25, 0.3) is 0 Å². The minimum Gasteiger partial charge on any atom is -0.392 e. The number of aliphatic hydroxyl groups excluding tert-OH is 1. The maximum absolute atomic E-state index is 8.93. The lowest BCUT2D eigenvalue weighted by Crippen LogP contribution is -2.05. The minimum atomic E-state index is -0.131. The van der Waals surface area contributed by atoms with Crippen LogP contribution in [-0.2, 0) is 0 Å². The van der Waals surface area contributed by atoms with Gasteiger partial charge in [0.2, 0.25) is 0 Å². The molecule has 1 nitrogen and oxygen atoms in total. The summed E-state index contributed by atoms with van der Waals surface area (Å²) in [5.74, 6) is 0. The largest absolute Gasteiger partial charge is 0.392 e. The van der Waals surface area contributed by atoms with E-state index < -0.39 is 0 Å². The molecular weight excluding hydrogens is 215 g/mol. The van der Waals surface area contributed by atoms with Crippen molar-refractivity contribution in [3.63, 3.8) is 0 Å². The van der Waals surface area contributed by atoms with Crippen molar-refractivity contribution >= 4 is 22.6 Å². The summed E-state index contributed by atoms with van der Waals surface area (Å²) in [4.78, 5) is 0. The SMILES string of the molecule is C=CCCC(O)CI. The van der Waals surface area contributed by atoms with Gasteiger partial charge in [0, 0.05) is 4.43 Å². The molecule has 0 fully saturated rings. The molecule has 0 heterocycles. The van der Waals surface area contributed by atoms with E-state index >= 15 is 0 Å². The van der Waals surface area contributed by atoms with E-state index in [0.717, 1.165) is 17.3 Å². The van der Waals surface area contributed by atoms with E-state index in [-0.39, 0.29) is 6.10 Å². The molecule has 0 aromatic heterocycles. The van der Waals surface area contributed by atoms with Crippen molar-refractivity contribution < 1.29 is 5.11 Å². The van der Waals surface area contributed by atoms with Gasteiger partial charge in [-0.25, -0.2) is 0 Å². The number of hydrogen-bond acceptors (Lipinski definition) is 1. The van der Waals surface area contributed by atoms with Crippen LogP contribution in [0.15, 0.2) is 12.7 Å². The van der Waals surface area contributed by atoms with Crippen LogP contribution in [-0.4, -0.2) is 15.6 Å². The third kappa shape index (κ3) is 4.59. The topological polar surface area (TPSA) is 20.2 Å². The second-order valence-corrected chi connectivity index (χ2v) is 2.55. The molecule has 2 heteroatoms. The number of hydrogen-bond donors (Lipinski definition) is 1. The molecule has 0 aliphatic heterocycles. The summed E-state index contributed by atoms with van der Waals surface area (Å²) in [7, 11) is 0. The highest BCUT2D eigenvalue weighted by Gasteiger charge is 1.96. The lowest BCUT2D eigenvalue weighted by molar-refractivity contribution is 0.193. The van der Waals surface area contributed by atoms with Crippen LogP contribution in [0.2, 0.25) is 0 Å². The van der Waals surface area contributed by atoms with Crippen molar-refractivity contribution in [2.24, 2.45) is 0 Å². The maximum Gasteiger partial charge on any atom is 0.0632 e. The molecule has 1 unspecified atom stereocenters. The Morgan fingerprint density at radius 1 is 1.75 bits per heavy atom. The standard InChI is InChI=1S/C6H11IO/c1-2-3-4-6(8)5-7/h2,6,8H,1,3-5H2. The molecule has 1 N–H and O–H groups in total. The van der Waals surface area contributed by atoms with Gasteiger partial charge in [-0.3, -0.25) is 0 Å². The number of alkyl halides is 1. The van der Waals surface area contributed by atoms with Crippen LogP contribution in [0.1, 0.15) is 12.8 Å². The third-order valence-electron chi connectivity index (χ3n) is 0.882. The maximum atomic E-state index is 8.93. The van der Waals surface area contributed by atoms with Gasteiger partial charge in [0.25, 0.3) is 0 Å². The van der Waals surface area contributed by atoms with Crippen LogP contribution in [0.5, 0.6) is 0 Å². The second-order valence-electron chi connectivity index (χ2n) is 1.67. The van der Waals surface area contributed by atoms with E-state index in [1.54, 1.807) is 0 Å². The molecule has 0 aromatic rings. The van der Waals surface area contributed by atoms with Gasteiger partial charge in [0.15, 0.2) is 0 Å². The Balaban J connectivity index is 2.97. The molecule has 0 aliphatic carbocycles. The first kappa shape index (κ1) is 8.43. The molecule has 0 saturated carbocycles. The highest BCUT2D eigenvalue weighted by Crippen LogP contribution is 1.99. The molecule has 0 bridgehead atoms. The highest BCUT2D eigenvalue weighted by atomic mass is 127. The Labute approximate surface area is 63.9 Å². The quantitative estimate of drug-likeness (QED) is 0.440. The van der Waals surface area contributed by atoms with Gasteiger partial charge in [0.05, 0.1) is 6.10 Å². The van der Waals surface area contributed by atoms with E-state index in [4.69, 9.17) is 5.11 Å². The van der Waals surface area contributed by atoms with E-state index in [9.17, 15) is 0 Å². The first-order valence-electron chi connectivity index (χ1n) is 2.66. The lowest BCUT2D eigenvalue weighted by atomic mass is 10.2. The number of rotatable bonds is 4. The average molecular weight is 226 g/mol. The Kier molecular flexibility index (Phi) is 5.86. The minimum absolute atomic E-state index is 0.131. The van der Waals surface area contributed by atoms with Crippen molar-refractivity contribution in [1.82, 2.24) is 0 Å². The van der Waals surface area contributed by atoms with Gasteiger partial charge in [-0.15, -0.1) is 6.58 Å². The summed E-state index contributed by atoms with van der Waals surface area (Å²) in [6.45, 7) is 3.55. The van der Waals surface area contributed by atoms with Crippen LogP contribution in [0.4, 0.5) is 0 Å². The van der Waals surface area contributed by atoms with E-state index in [1.165, 1.54) is 0 Å². The van der Waals surface area contributed by atoms with E-state index in [0.29, 0.717) is 0 Å². The zero-order chi connectivity index (χ0) is 6.41. The van der Waals surface area contributed by atoms with Crippen molar-refractivity contribution in [2.75, 3.05) is 4.43 Å². The fraction of sp³-hybridized carbons (Fsp3) is 0.667. The predicted octanol–water partition coefficient (Wildman–Crippen LogP) is 1.75. The zero-order valence-electron chi connectivity index (χ0n) is 4.81. The zero-order valence-corrected chi connectivity index (χ0v) is 6.97. The summed E-state index contributed by atoms with van der Waals surface area (Å²) >= 11 is 2.17. The summed E-state index contributed by atoms with van der Waals surface area (Å²) in [5, 5.41) is 8.93. The molecule has 0 radical (unpaired) electrons. The molecule has 8 heavy (non-hydrogen) atoms. The van der Waals surface area contributed by atoms with Crippen LogP contribution in [0.3, 0.4) is 0 Å². The van der Waals surface area contributed by atoms with E-state index in [2.05, 4.69) is 29.2 Å². The van der Waals surface area contributed by atoms with Crippen molar-refractivity contribution in [2.45, 2.75) is 18.9 Å². The fourth-order valence-corrected chi connectivity index (χ4v) is 0.828. The number of allylic oxidation sites excluding steroid dienone is 1. The van der Waals surface area contributed by atoms with Crippen molar-refractivity contribution in [1.29, 1.82) is 0 Å². The number of aliphatic hydroxyl groups is 1. The van der Waals surface area contributed by atoms with Gasteiger partial charge >= 0.3 is 0 Å². The van der Waals surface area contributed by atoms with Crippen molar-refractivity contribution in [3.8, 4) is 0 Å². The summed E-state index contributed by atoms with van der Waals surface area (Å²) in [6, 6.07) is 0. The average Bonchev–Trinajstić information content (AvgIpc) is 1.83. The van der Waals surface area contributed by atoms with Crippen LogP contribution in [0, 0.1) is 0 Å². The molecule has 0 amide bonds. The van der Waals surface area contributed by atoms with E-state index in [1.807, 2.05) is 6.08 Å². The van der Waals surface area contributed by atoms with Crippen molar-refractivity contribution in [3.05, 3.63) is 12.7 Å². The summed E-state index contributed by atoms with van der Waals surface area (Å²) in [5.41, 5.74) is 0. The molecule has 1 atom stereocenters. The third-order valence-corrected chi connectivity index (χ3v) is 1.90. The first-order chi connectivity index (χ1) is 3.81. The Morgan fingerprint density at radius 3 is 2.75 bits per heavy atom. The van der Waals surface area contributed by atoms with Gasteiger partial charge in [-0.05, 0) is 12.8 Å². The molecule has 0 saturated heterocycles.